The highest BCUT2D eigenvalue weighted by Gasteiger charge is 2.35. The minimum atomic E-state index is -0.415. The monoisotopic (exact) mass is 310 g/mol. The topological polar surface area (TPSA) is 41.6 Å². The Labute approximate surface area is 136 Å². The highest BCUT2D eigenvalue weighted by Crippen LogP contribution is 2.34. The lowest BCUT2D eigenvalue weighted by molar-refractivity contribution is 0.00650. The van der Waals surface area contributed by atoms with Crippen molar-refractivity contribution < 1.29 is 9.53 Å². The van der Waals surface area contributed by atoms with Crippen molar-refractivity contribution in [2.75, 3.05) is 19.6 Å². The third-order valence-corrected chi connectivity index (χ3v) is 4.69. The van der Waals surface area contributed by atoms with E-state index in [1.807, 2.05) is 25.7 Å². The number of amides is 1. The van der Waals surface area contributed by atoms with E-state index in [4.69, 9.17) is 4.74 Å². The second kappa shape index (κ2) is 6.77. The fourth-order valence-corrected chi connectivity index (χ4v) is 3.30. The second-order valence-corrected chi connectivity index (χ2v) is 8.78. The van der Waals surface area contributed by atoms with E-state index in [0.29, 0.717) is 6.04 Å². The van der Waals surface area contributed by atoms with Gasteiger partial charge in [-0.3, -0.25) is 0 Å². The third kappa shape index (κ3) is 5.79. The van der Waals surface area contributed by atoms with Crippen LogP contribution in [0.1, 0.15) is 66.7 Å². The Morgan fingerprint density at radius 3 is 2.68 bits per heavy atom. The van der Waals surface area contributed by atoms with Gasteiger partial charge in [0.2, 0.25) is 0 Å². The summed E-state index contributed by atoms with van der Waals surface area (Å²) >= 11 is 0. The molecule has 1 aliphatic heterocycles. The molecule has 2 rings (SSSR count). The summed E-state index contributed by atoms with van der Waals surface area (Å²) in [6, 6.07) is 0.584. The molecule has 0 spiro atoms. The lowest BCUT2D eigenvalue weighted by Gasteiger charge is -2.41. The fourth-order valence-electron chi connectivity index (χ4n) is 3.30. The maximum absolute atomic E-state index is 12.3. The predicted octanol–water partition coefficient (Wildman–Crippen LogP) is 3.80. The van der Waals surface area contributed by atoms with Crippen molar-refractivity contribution in [1.82, 2.24) is 10.2 Å². The van der Waals surface area contributed by atoms with Gasteiger partial charge < -0.3 is 15.0 Å². The van der Waals surface area contributed by atoms with Crippen molar-refractivity contribution in [1.29, 1.82) is 0 Å². The number of hydrogen-bond donors (Lipinski definition) is 1. The first-order valence-corrected chi connectivity index (χ1v) is 8.88. The molecule has 1 saturated carbocycles. The summed E-state index contributed by atoms with van der Waals surface area (Å²) in [5, 5.41) is 3.69. The third-order valence-electron chi connectivity index (χ3n) is 4.69. The number of nitrogens with zero attached hydrogens (tertiary/aromatic N) is 1. The SMILES string of the molecule is CC(CC1CC1)NCC1(C)CCCN(C(=O)OC(C)(C)C)C1. The van der Waals surface area contributed by atoms with E-state index < -0.39 is 5.60 Å². The van der Waals surface area contributed by atoms with Crippen LogP contribution in [0.3, 0.4) is 0 Å². The minimum absolute atomic E-state index is 0.160. The Hall–Kier alpha value is -0.770. The average Bonchev–Trinajstić information content (AvgIpc) is 3.18. The van der Waals surface area contributed by atoms with Crippen LogP contribution in [0.5, 0.6) is 0 Å². The number of piperidine rings is 1. The van der Waals surface area contributed by atoms with Crippen molar-refractivity contribution in [2.45, 2.75) is 78.4 Å². The summed E-state index contributed by atoms with van der Waals surface area (Å²) in [4.78, 5) is 14.2. The van der Waals surface area contributed by atoms with Gasteiger partial charge in [0, 0.05) is 25.7 Å². The largest absolute Gasteiger partial charge is 0.444 e. The normalized spacial score (nSPS) is 27.6. The number of nitrogens with one attached hydrogen (secondary N) is 1. The van der Waals surface area contributed by atoms with Crippen LogP contribution in [-0.2, 0) is 4.74 Å². The zero-order valence-corrected chi connectivity index (χ0v) is 15.1. The summed E-state index contributed by atoms with van der Waals surface area (Å²) in [7, 11) is 0. The summed E-state index contributed by atoms with van der Waals surface area (Å²) < 4.78 is 5.52. The first-order valence-electron chi connectivity index (χ1n) is 8.88. The molecule has 128 valence electrons. The van der Waals surface area contributed by atoms with E-state index >= 15 is 0 Å². The highest BCUT2D eigenvalue weighted by molar-refractivity contribution is 5.68. The Morgan fingerprint density at radius 1 is 1.41 bits per heavy atom. The molecule has 0 aromatic carbocycles. The second-order valence-electron chi connectivity index (χ2n) is 8.78. The molecule has 0 aromatic rings. The fraction of sp³-hybridized carbons (Fsp3) is 0.944. The van der Waals surface area contributed by atoms with E-state index in [1.54, 1.807) is 0 Å². The molecule has 2 fully saturated rings. The number of likely N-dealkylation sites (tertiary alicyclic amines) is 1. The molecular weight excluding hydrogens is 276 g/mol. The maximum Gasteiger partial charge on any atom is 0.410 e. The Bertz CT molecular complexity index is 387. The summed E-state index contributed by atoms with van der Waals surface area (Å²) in [6.07, 6.45) is 6.20. The molecule has 0 bridgehead atoms. The van der Waals surface area contributed by atoms with Crippen molar-refractivity contribution >= 4 is 6.09 Å². The van der Waals surface area contributed by atoms with Gasteiger partial charge in [-0.15, -0.1) is 0 Å². The van der Waals surface area contributed by atoms with Gasteiger partial charge in [-0.2, -0.15) is 0 Å². The zero-order valence-electron chi connectivity index (χ0n) is 15.1. The molecule has 1 saturated heterocycles. The average molecular weight is 310 g/mol. The quantitative estimate of drug-likeness (QED) is 0.839. The molecule has 1 amide bonds. The molecule has 2 atom stereocenters. The molecule has 2 unspecified atom stereocenters. The van der Waals surface area contributed by atoms with Crippen LogP contribution in [-0.4, -0.2) is 42.3 Å². The molecule has 1 N–H and O–H groups in total. The van der Waals surface area contributed by atoms with Gasteiger partial charge in [0.1, 0.15) is 5.60 Å². The van der Waals surface area contributed by atoms with Crippen LogP contribution in [0.4, 0.5) is 4.79 Å². The Kier molecular flexibility index (Phi) is 5.41. The standard InChI is InChI=1S/C18H34N2O2/c1-14(11-15-7-8-15)19-12-18(5)9-6-10-20(13-18)16(21)22-17(2,3)4/h14-15,19H,6-13H2,1-5H3. The molecule has 4 heteroatoms. The lowest BCUT2D eigenvalue weighted by Crippen LogP contribution is -2.51. The van der Waals surface area contributed by atoms with Gasteiger partial charge in [-0.05, 0) is 58.3 Å². The van der Waals surface area contributed by atoms with Crippen molar-refractivity contribution in [3.05, 3.63) is 0 Å². The lowest BCUT2D eigenvalue weighted by atomic mass is 9.81. The molecule has 0 radical (unpaired) electrons. The summed E-state index contributed by atoms with van der Waals surface area (Å²) in [5.74, 6) is 0.958. The minimum Gasteiger partial charge on any atom is -0.444 e. The van der Waals surface area contributed by atoms with Gasteiger partial charge in [-0.25, -0.2) is 4.79 Å². The number of ether oxygens (including phenoxy) is 1. The van der Waals surface area contributed by atoms with Crippen LogP contribution >= 0.6 is 0 Å². The molecule has 1 heterocycles. The summed E-state index contributed by atoms with van der Waals surface area (Å²) in [6.45, 7) is 13.0. The van der Waals surface area contributed by atoms with Gasteiger partial charge in [0.15, 0.2) is 0 Å². The van der Waals surface area contributed by atoms with E-state index in [2.05, 4.69) is 19.2 Å². The van der Waals surface area contributed by atoms with Gasteiger partial charge in [0.25, 0.3) is 0 Å². The van der Waals surface area contributed by atoms with E-state index in [1.165, 1.54) is 25.7 Å². The van der Waals surface area contributed by atoms with Crippen LogP contribution in [0, 0.1) is 11.3 Å². The van der Waals surface area contributed by atoms with Gasteiger partial charge >= 0.3 is 6.09 Å². The van der Waals surface area contributed by atoms with Crippen LogP contribution in [0.25, 0.3) is 0 Å². The molecule has 2 aliphatic rings. The zero-order chi connectivity index (χ0) is 16.4. The molecule has 4 nitrogen and oxygen atoms in total. The van der Waals surface area contributed by atoms with Gasteiger partial charge in [-0.1, -0.05) is 19.8 Å². The van der Waals surface area contributed by atoms with E-state index in [-0.39, 0.29) is 11.5 Å². The summed E-state index contributed by atoms with van der Waals surface area (Å²) in [5.41, 5.74) is -0.255. The van der Waals surface area contributed by atoms with E-state index in [9.17, 15) is 4.79 Å². The van der Waals surface area contributed by atoms with Crippen LogP contribution < -0.4 is 5.32 Å². The van der Waals surface area contributed by atoms with Crippen molar-refractivity contribution in [3.8, 4) is 0 Å². The predicted molar refractivity (Wildman–Crippen MR) is 90.0 cm³/mol. The molecule has 0 aromatic heterocycles. The van der Waals surface area contributed by atoms with Crippen molar-refractivity contribution in [3.63, 3.8) is 0 Å². The number of rotatable bonds is 5. The maximum atomic E-state index is 12.3. The molecular formula is C18H34N2O2. The Morgan fingerprint density at radius 2 is 2.09 bits per heavy atom. The number of carbonyl (C=O) groups is 1. The highest BCUT2D eigenvalue weighted by atomic mass is 16.6. The van der Waals surface area contributed by atoms with E-state index in [0.717, 1.165) is 32.0 Å². The first-order chi connectivity index (χ1) is 10.2. The first kappa shape index (κ1) is 17.6. The smallest absolute Gasteiger partial charge is 0.410 e. The number of hydrogen-bond acceptors (Lipinski definition) is 3. The van der Waals surface area contributed by atoms with Gasteiger partial charge in [0.05, 0.1) is 0 Å². The Balaban J connectivity index is 1.80. The molecule has 1 aliphatic carbocycles. The molecule has 22 heavy (non-hydrogen) atoms. The van der Waals surface area contributed by atoms with Crippen LogP contribution in [0.2, 0.25) is 0 Å². The van der Waals surface area contributed by atoms with Crippen LogP contribution in [0.15, 0.2) is 0 Å². The number of carbonyl (C=O) groups excluding carboxylic acids is 1. The van der Waals surface area contributed by atoms with Crippen molar-refractivity contribution in [2.24, 2.45) is 11.3 Å².